The van der Waals surface area contributed by atoms with E-state index in [9.17, 15) is 9.59 Å². The fourth-order valence-electron chi connectivity index (χ4n) is 2.61. The number of ketones is 1. The minimum atomic E-state index is -0.609. The molecule has 0 atom stereocenters. The zero-order valence-electron chi connectivity index (χ0n) is 14.5. The first kappa shape index (κ1) is 19.2. The molecule has 0 saturated heterocycles. The van der Waals surface area contributed by atoms with Gasteiger partial charge in [0, 0.05) is 26.7 Å². The second-order valence-corrected chi connectivity index (χ2v) is 6.83. The summed E-state index contributed by atoms with van der Waals surface area (Å²) < 4.78 is 5.36. The average molecular weight is 399 g/mol. The second-order valence-electron chi connectivity index (χ2n) is 6.02. The quantitative estimate of drug-likeness (QED) is 0.397. The molecule has 0 radical (unpaired) electrons. The highest BCUT2D eigenvalue weighted by atomic mass is 35.5. The summed E-state index contributed by atoms with van der Waals surface area (Å²) in [6.45, 7) is 1.86. The van der Waals surface area contributed by atoms with E-state index in [2.05, 4.69) is 0 Å². The third kappa shape index (κ3) is 4.38. The number of hydrogen-bond acceptors (Lipinski definition) is 3. The van der Waals surface area contributed by atoms with Crippen LogP contribution in [0.4, 0.5) is 0 Å². The van der Waals surface area contributed by atoms with E-state index >= 15 is 0 Å². The lowest BCUT2D eigenvalue weighted by Crippen LogP contribution is -2.13. The second kappa shape index (κ2) is 8.38. The highest BCUT2D eigenvalue weighted by Crippen LogP contribution is 2.25. The largest absolute Gasteiger partial charge is 0.457 e. The number of carbonyl (C=O) groups excluding carboxylic acids is 2. The summed E-state index contributed by atoms with van der Waals surface area (Å²) in [5.74, 6) is -0.847. The van der Waals surface area contributed by atoms with E-state index in [0.29, 0.717) is 21.2 Å². The first-order valence-corrected chi connectivity index (χ1v) is 9.03. The van der Waals surface area contributed by atoms with Gasteiger partial charge in [-0.1, -0.05) is 77.3 Å². The normalized spacial score (nSPS) is 10.5. The number of esters is 1. The maximum absolute atomic E-state index is 12.8. The van der Waals surface area contributed by atoms with Gasteiger partial charge >= 0.3 is 5.97 Å². The number of hydrogen-bond donors (Lipinski definition) is 0. The molecule has 0 aromatic heterocycles. The molecule has 0 aliphatic heterocycles. The number of halogens is 2. The number of rotatable bonds is 5. The first-order chi connectivity index (χ1) is 13.0. The monoisotopic (exact) mass is 398 g/mol. The van der Waals surface area contributed by atoms with Crippen molar-refractivity contribution in [1.82, 2.24) is 0 Å². The lowest BCUT2D eigenvalue weighted by molar-refractivity contribution is 0.0470. The molecule has 0 bridgehead atoms. The van der Waals surface area contributed by atoms with Crippen LogP contribution in [-0.2, 0) is 11.3 Å². The van der Waals surface area contributed by atoms with Gasteiger partial charge in [0.05, 0.1) is 5.56 Å². The van der Waals surface area contributed by atoms with Gasteiger partial charge < -0.3 is 4.74 Å². The van der Waals surface area contributed by atoms with Gasteiger partial charge in [-0.05, 0) is 25.1 Å². The molecular formula is C22H16Cl2O3. The van der Waals surface area contributed by atoms with Crippen molar-refractivity contribution in [2.24, 2.45) is 0 Å². The Bertz CT molecular complexity index is 974. The zero-order valence-corrected chi connectivity index (χ0v) is 16.1. The smallest absolute Gasteiger partial charge is 0.339 e. The molecule has 3 aromatic rings. The number of ether oxygens (including phenoxy) is 1. The lowest BCUT2D eigenvalue weighted by Gasteiger charge is -2.11. The summed E-state index contributed by atoms with van der Waals surface area (Å²) >= 11 is 12.2. The van der Waals surface area contributed by atoms with E-state index in [1.54, 1.807) is 54.6 Å². The van der Waals surface area contributed by atoms with Gasteiger partial charge in [-0.15, -0.1) is 0 Å². The van der Waals surface area contributed by atoms with Gasteiger partial charge in [-0.25, -0.2) is 4.79 Å². The van der Waals surface area contributed by atoms with Gasteiger partial charge in [0.25, 0.3) is 0 Å². The van der Waals surface area contributed by atoms with Crippen molar-refractivity contribution in [2.45, 2.75) is 13.5 Å². The van der Waals surface area contributed by atoms with Crippen LogP contribution in [-0.4, -0.2) is 11.8 Å². The molecule has 0 heterocycles. The van der Waals surface area contributed by atoms with E-state index < -0.39 is 5.97 Å². The van der Waals surface area contributed by atoms with Crippen molar-refractivity contribution in [3.05, 3.63) is 105 Å². The highest BCUT2D eigenvalue weighted by Gasteiger charge is 2.19. The minimum absolute atomic E-state index is 0.0790. The summed E-state index contributed by atoms with van der Waals surface area (Å²) in [4.78, 5) is 25.4. The van der Waals surface area contributed by atoms with Crippen molar-refractivity contribution in [3.8, 4) is 0 Å². The predicted octanol–water partition coefficient (Wildman–Crippen LogP) is 5.89. The maximum Gasteiger partial charge on any atom is 0.339 e. The van der Waals surface area contributed by atoms with Crippen LogP contribution >= 0.6 is 23.2 Å². The van der Waals surface area contributed by atoms with Gasteiger partial charge in [0.1, 0.15) is 6.61 Å². The van der Waals surface area contributed by atoms with Crippen molar-refractivity contribution < 1.29 is 14.3 Å². The van der Waals surface area contributed by atoms with E-state index in [4.69, 9.17) is 27.9 Å². The summed E-state index contributed by atoms with van der Waals surface area (Å²) in [5, 5.41) is 0.832. The standard InChI is InChI=1S/C22H16Cl2O3/c1-14-9-11-15(12-10-14)21(25)16-5-2-3-6-17(16)22(26)27-13-18-19(23)7-4-8-20(18)24/h2-12H,13H2,1H3. The van der Waals surface area contributed by atoms with Crippen molar-refractivity contribution in [2.75, 3.05) is 0 Å². The molecule has 0 saturated carbocycles. The molecule has 27 heavy (non-hydrogen) atoms. The molecule has 0 unspecified atom stereocenters. The Morgan fingerprint density at radius 3 is 2.04 bits per heavy atom. The minimum Gasteiger partial charge on any atom is -0.457 e. The Morgan fingerprint density at radius 1 is 0.815 bits per heavy atom. The molecule has 0 fully saturated rings. The predicted molar refractivity (Wildman–Crippen MR) is 107 cm³/mol. The molecule has 0 aliphatic rings. The van der Waals surface area contributed by atoms with Crippen molar-refractivity contribution in [1.29, 1.82) is 0 Å². The zero-order chi connectivity index (χ0) is 19.4. The molecule has 0 N–H and O–H groups in total. The SMILES string of the molecule is Cc1ccc(C(=O)c2ccccc2C(=O)OCc2c(Cl)cccc2Cl)cc1. The summed E-state index contributed by atoms with van der Waals surface area (Å²) in [6, 6.07) is 18.8. The summed E-state index contributed by atoms with van der Waals surface area (Å²) in [5.41, 5.74) is 2.57. The van der Waals surface area contributed by atoms with Gasteiger partial charge in [-0.2, -0.15) is 0 Å². The summed E-state index contributed by atoms with van der Waals surface area (Å²) in [6.07, 6.45) is 0. The van der Waals surface area contributed by atoms with E-state index in [0.717, 1.165) is 5.56 Å². The van der Waals surface area contributed by atoms with Crippen LogP contribution in [0.15, 0.2) is 66.7 Å². The molecule has 136 valence electrons. The Hall–Kier alpha value is -2.62. The van der Waals surface area contributed by atoms with Crippen LogP contribution in [0.2, 0.25) is 10.0 Å². The molecule has 3 nitrogen and oxygen atoms in total. The Kier molecular flexibility index (Phi) is 5.94. The Labute approximate surface area is 167 Å². The Balaban J connectivity index is 1.84. The van der Waals surface area contributed by atoms with E-state index in [-0.39, 0.29) is 23.5 Å². The number of carbonyl (C=O) groups is 2. The fraction of sp³-hybridized carbons (Fsp3) is 0.0909. The van der Waals surface area contributed by atoms with Crippen LogP contribution in [0.5, 0.6) is 0 Å². The third-order valence-corrected chi connectivity index (χ3v) is 4.82. The fourth-order valence-corrected chi connectivity index (χ4v) is 3.11. The first-order valence-electron chi connectivity index (χ1n) is 8.28. The van der Waals surface area contributed by atoms with E-state index in [1.165, 1.54) is 0 Å². The van der Waals surface area contributed by atoms with E-state index in [1.807, 2.05) is 19.1 Å². The third-order valence-electron chi connectivity index (χ3n) is 4.11. The number of aryl methyl sites for hydroxylation is 1. The highest BCUT2D eigenvalue weighted by molar-refractivity contribution is 6.36. The molecular weight excluding hydrogens is 383 g/mol. The van der Waals surface area contributed by atoms with Crippen LogP contribution in [0.25, 0.3) is 0 Å². The van der Waals surface area contributed by atoms with Crippen molar-refractivity contribution >= 4 is 35.0 Å². The molecule has 3 rings (SSSR count). The maximum atomic E-state index is 12.8. The van der Waals surface area contributed by atoms with Crippen LogP contribution < -0.4 is 0 Å². The van der Waals surface area contributed by atoms with Crippen LogP contribution in [0.1, 0.15) is 37.4 Å². The average Bonchev–Trinajstić information content (AvgIpc) is 2.67. The van der Waals surface area contributed by atoms with Gasteiger partial charge in [-0.3, -0.25) is 4.79 Å². The molecule has 0 spiro atoms. The van der Waals surface area contributed by atoms with Crippen molar-refractivity contribution in [3.63, 3.8) is 0 Å². The van der Waals surface area contributed by atoms with Gasteiger partial charge in [0.2, 0.25) is 0 Å². The molecule has 5 heteroatoms. The molecule has 0 amide bonds. The summed E-state index contributed by atoms with van der Waals surface area (Å²) in [7, 11) is 0. The molecule has 3 aromatic carbocycles. The number of benzene rings is 3. The topological polar surface area (TPSA) is 43.4 Å². The lowest BCUT2D eigenvalue weighted by atomic mass is 9.98. The van der Waals surface area contributed by atoms with Crippen LogP contribution in [0.3, 0.4) is 0 Å². The van der Waals surface area contributed by atoms with Gasteiger partial charge in [0.15, 0.2) is 5.78 Å². The molecule has 0 aliphatic carbocycles. The van der Waals surface area contributed by atoms with Crippen LogP contribution in [0, 0.1) is 6.92 Å². The Morgan fingerprint density at radius 2 is 1.41 bits per heavy atom.